The molecule has 1 saturated carbocycles. The molecule has 0 unspecified atom stereocenters. The molecule has 1 aliphatic rings. The first kappa shape index (κ1) is 16.4. The lowest BCUT2D eigenvalue weighted by Crippen LogP contribution is -2.37. The standard InChI is InChI=1S/C16H31N5/c1-14(2)21-16(18-13-19-21)12-20(11-7-10-17)15-8-5-3-4-6-9-15/h13-15H,3-12,17H2,1-2H3. The maximum Gasteiger partial charge on any atom is 0.141 e. The molecule has 0 aromatic carbocycles. The molecule has 2 rings (SSSR count). The van der Waals surface area contributed by atoms with E-state index < -0.39 is 0 Å². The summed E-state index contributed by atoms with van der Waals surface area (Å²) >= 11 is 0. The van der Waals surface area contributed by atoms with Crippen molar-refractivity contribution in [3.63, 3.8) is 0 Å². The molecule has 0 atom stereocenters. The van der Waals surface area contributed by atoms with E-state index in [-0.39, 0.29) is 0 Å². The van der Waals surface area contributed by atoms with E-state index in [0.717, 1.165) is 31.9 Å². The summed E-state index contributed by atoms with van der Waals surface area (Å²) in [4.78, 5) is 7.08. The van der Waals surface area contributed by atoms with E-state index in [9.17, 15) is 0 Å². The summed E-state index contributed by atoms with van der Waals surface area (Å²) in [5.41, 5.74) is 5.73. The topological polar surface area (TPSA) is 60.0 Å². The summed E-state index contributed by atoms with van der Waals surface area (Å²) in [5, 5.41) is 4.37. The van der Waals surface area contributed by atoms with Gasteiger partial charge >= 0.3 is 0 Å². The Balaban J connectivity index is 2.05. The molecule has 5 heteroatoms. The summed E-state index contributed by atoms with van der Waals surface area (Å²) in [6.07, 6.45) is 10.9. The number of rotatable bonds is 7. The molecule has 1 aromatic rings. The highest BCUT2D eigenvalue weighted by molar-refractivity contribution is 4.89. The Morgan fingerprint density at radius 3 is 2.62 bits per heavy atom. The van der Waals surface area contributed by atoms with Crippen LogP contribution in [0.15, 0.2) is 6.33 Å². The Morgan fingerprint density at radius 1 is 1.29 bits per heavy atom. The molecular formula is C16H31N5. The Hall–Kier alpha value is -0.940. The summed E-state index contributed by atoms with van der Waals surface area (Å²) in [5.74, 6) is 1.09. The molecule has 0 amide bonds. The lowest BCUT2D eigenvalue weighted by atomic mass is 10.1. The van der Waals surface area contributed by atoms with Crippen molar-refractivity contribution in [2.75, 3.05) is 13.1 Å². The second-order valence-corrected chi connectivity index (χ2v) is 6.47. The summed E-state index contributed by atoms with van der Waals surface area (Å²) in [7, 11) is 0. The second kappa shape index (κ2) is 8.49. The van der Waals surface area contributed by atoms with Crippen LogP contribution < -0.4 is 5.73 Å². The first-order valence-corrected chi connectivity index (χ1v) is 8.55. The quantitative estimate of drug-likeness (QED) is 0.785. The predicted octanol–water partition coefficient (Wildman–Crippen LogP) is 2.73. The molecule has 0 aliphatic heterocycles. The maximum absolute atomic E-state index is 5.73. The molecule has 0 saturated heterocycles. The molecular weight excluding hydrogens is 262 g/mol. The molecule has 21 heavy (non-hydrogen) atoms. The van der Waals surface area contributed by atoms with Gasteiger partial charge in [0.25, 0.3) is 0 Å². The van der Waals surface area contributed by atoms with E-state index in [4.69, 9.17) is 5.73 Å². The van der Waals surface area contributed by atoms with Crippen LogP contribution in [0.2, 0.25) is 0 Å². The molecule has 0 radical (unpaired) electrons. The van der Waals surface area contributed by atoms with Crippen LogP contribution in [0.25, 0.3) is 0 Å². The van der Waals surface area contributed by atoms with Crippen LogP contribution in [0.1, 0.15) is 70.7 Å². The number of hydrogen-bond acceptors (Lipinski definition) is 4. The fourth-order valence-corrected chi connectivity index (χ4v) is 3.31. The second-order valence-electron chi connectivity index (χ2n) is 6.47. The molecule has 1 aromatic heterocycles. The minimum atomic E-state index is 0.369. The third kappa shape index (κ3) is 4.78. The summed E-state index contributed by atoms with van der Waals surface area (Å²) in [6.45, 7) is 7.07. The molecule has 0 bridgehead atoms. The zero-order valence-electron chi connectivity index (χ0n) is 13.7. The Bertz CT molecular complexity index is 393. The van der Waals surface area contributed by atoms with Crippen LogP contribution >= 0.6 is 0 Å². The van der Waals surface area contributed by atoms with E-state index in [1.165, 1.54) is 38.5 Å². The number of aromatic nitrogens is 3. The molecule has 5 nitrogen and oxygen atoms in total. The highest BCUT2D eigenvalue weighted by atomic mass is 15.4. The molecule has 1 aliphatic carbocycles. The zero-order valence-corrected chi connectivity index (χ0v) is 13.7. The van der Waals surface area contributed by atoms with Crippen molar-refractivity contribution >= 4 is 0 Å². The van der Waals surface area contributed by atoms with Crippen molar-refractivity contribution in [1.29, 1.82) is 0 Å². The highest BCUT2D eigenvalue weighted by Crippen LogP contribution is 2.23. The first-order valence-electron chi connectivity index (χ1n) is 8.55. The van der Waals surface area contributed by atoms with Gasteiger partial charge in [0, 0.05) is 18.6 Å². The molecule has 2 N–H and O–H groups in total. The van der Waals surface area contributed by atoms with Gasteiger partial charge in [0.1, 0.15) is 12.2 Å². The third-order valence-electron chi connectivity index (χ3n) is 4.47. The predicted molar refractivity (Wildman–Crippen MR) is 86.0 cm³/mol. The van der Waals surface area contributed by atoms with Crippen LogP contribution in [0, 0.1) is 0 Å². The van der Waals surface area contributed by atoms with Crippen molar-refractivity contribution in [2.45, 2.75) is 77.4 Å². The first-order chi connectivity index (χ1) is 10.2. The lowest BCUT2D eigenvalue weighted by Gasteiger charge is -2.31. The van der Waals surface area contributed by atoms with Gasteiger partial charge in [0.15, 0.2) is 0 Å². The van der Waals surface area contributed by atoms with Crippen LogP contribution in [0.3, 0.4) is 0 Å². The molecule has 1 fully saturated rings. The zero-order chi connectivity index (χ0) is 15.1. The van der Waals surface area contributed by atoms with Crippen LogP contribution in [0.4, 0.5) is 0 Å². The van der Waals surface area contributed by atoms with E-state index in [2.05, 4.69) is 28.8 Å². The fourth-order valence-electron chi connectivity index (χ4n) is 3.31. The average Bonchev–Trinajstić information content (AvgIpc) is 2.76. The van der Waals surface area contributed by atoms with E-state index in [0.29, 0.717) is 12.1 Å². The number of nitrogens with two attached hydrogens (primary N) is 1. The van der Waals surface area contributed by atoms with Crippen molar-refractivity contribution in [3.8, 4) is 0 Å². The van der Waals surface area contributed by atoms with Gasteiger partial charge in [0.2, 0.25) is 0 Å². The van der Waals surface area contributed by atoms with Gasteiger partial charge < -0.3 is 5.73 Å². The number of hydrogen-bond donors (Lipinski definition) is 1. The van der Waals surface area contributed by atoms with E-state index in [1.54, 1.807) is 6.33 Å². The lowest BCUT2D eigenvalue weighted by molar-refractivity contribution is 0.161. The average molecular weight is 293 g/mol. The fraction of sp³-hybridized carbons (Fsp3) is 0.875. The van der Waals surface area contributed by atoms with Crippen molar-refractivity contribution in [3.05, 3.63) is 12.2 Å². The van der Waals surface area contributed by atoms with E-state index in [1.807, 2.05) is 4.68 Å². The van der Waals surface area contributed by atoms with Gasteiger partial charge in [-0.2, -0.15) is 5.10 Å². The highest BCUT2D eigenvalue weighted by Gasteiger charge is 2.22. The van der Waals surface area contributed by atoms with Gasteiger partial charge in [0.05, 0.1) is 6.54 Å². The minimum absolute atomic E-state index is 0.369. The smallest absolute Gasteiger partial charge is 0.141 e. The van der Waals surface area contributed by atoms with Crippen LogP contribution in [-0.4, -0.2) is 38.8 Å². The van der Waals surface area contributed by atoms with Gasteiger partial charge in [-0.25, -0.2) is 9.67 Å². The summed E-state index contributed by atoms with van der Waals surface area (Å²) in [6, 6.07) is 1.06. The Labute approximate surface area is 128 Å². The van der Waals surface area contributed by atoms with Gasteiger partial charge in [-0.15, -0.1) is 0 Å². The van der Waals surface area contributed by atoms with Gasteiger partial charge in [-0.1, -0.05) is 25.7 Å². The SMILES string of the molecule is CC(C)n1ncnc1CN(CCCN)C1CCCCCC1. The minimum Gasteiger partial charge on any atom is -0.330 e. The summed E-state index contributed by atoms with van der Waals surface area (Å²) < 4.78 is 2.05. The van der Waals surface area contributed by atoms with Crippen molar-refractivity contribution in [2.24, 2.45) is 5.73 Å². The maximum atomic E-state index is 5.73. The largest absolute Gasteiger partial charge is 0.330 e. The third-order valence-corrected chi connectivity index (χ3v) is 4.47. The van der Waals surface area contributed by atoms with Crippen molar-refractivity contribution < 1.29 is 0 Å². The monoisotopic (exact) mass is 293 g/mol. The van der Waals surface area contributed by atoms with Gasteiger partial charge in [-0.3, -0.25) is 4.90 Å². The normalized spacial score (nSPS) is 17.6. The molecule has 0 spiro atoms. The number of nitrogens with zero attached hydrogens (tertiary/aromatic N) is 4. The van der Waals surface area contributed by atoms with Crippen LogP contribution in [-0.2, 0) is 6.54 Å². The molecule has 1 heterocycles. The van der Waals surface area contributed by atoms with Crippen LogP contribution in [0.5, 0.6) is 0 Å². The Kier molecular flexibility index (Phi) is 6.64. The van der Waals surface area contributed by atoms with Crippen molar-refractivity contribution in [1.82, 2.24) is 19.7 Å². The Morgan fingerprint density at radius 2 is 2.00 bits per heavy atom. The molecule has 120 valence electrons. The van der Waals surface area contributed by atoms with Gasteiger partial charge in [-0.05, 0) is 39.7 Å². The van der Waals surface area contributed by atoms with E-state index >= 15 is 0 Å².